The maximum absolute atomic E-state index is 13.5. The molecule has 0 bridgehead atoms. The molecule has 18 heavy (non-hydrogen) atoms. The van der Waals surface area contributed by atoms with Crippen LogP contribution in [0.2, 0.25) is 0 Å². The highest BCUT2D eigenvalue weighted by Crippen LogP contribution is 2.29. The van der Waals surface area contributed by atoms with Crippen molar-refractivity contribution in [2.75, 3.05) is 10.7 Å². The van der Waals surface area contributed by atoms with Crippen LogP contribution in [0.3, 0.4) is 0 Å². The standard InChI is InChI=1S/C10H8BrF2N5/c11-7-9(15-4-16-10(7)18-14)17-6-3-1-2-5(12)8(6)13/h1-4H,14H2,(H2,15,16,17,18). The van der Waals surface area contributed by atoms with Crippen molar-refractivity contribution in [3.05, 3.63) is 40.6 Å². The van der Waals surface area contributed by atoms with Gasteiger partial charge in [-0.25, -0.2) is 24.6 Å². The van der Waals surface area contributed by atoms with Gasteiger partial charge in [0.2, 0.25) is 0 Å². The summed E-state index contributed by atoms with van der Waals surface area (Å²) in [6.07, 6.45) is 1.24. The maximum atomic E-state index is 13.5. The number of nitrogen functional groups attached to an aromatic ring is 1. The molecule has 2 rings (SSSR count). The van der Waals surface area contributed by atoms with Crippen molar-refractivity contribution >= 4 is 33.3 Å². The first-order chi connectivity index (χ1) is 8.63. The number of nitrogens with one attached hydrogen (secondary N) is 2. The highest BCUT2D eigenvalue weighted by atomic mass is 79.9. The van der Waals surface area contributed by atoms with E-state index in [2.05, 4.69) is 36.6 Å². The third-order valence-electron chi connectivity index (χ3n) is 2.13. The molecular weight excluding hydrogens is 308 g/mol. The Kier molecular flexibility index (Phi) is 3.68. The minimum atomic E-state index is -0.981. The van der Waals surface area contributed by atoms with Gasteiger partial charge in [-0.15, -0.1) is 0 Å². The molecule has 0 amide bonds. The Morgan fingerprint density at radius 1 is 1.17 bits per heavy atom. The van der Waals surface area contributed by atoms with Gasteiger partial charge in [0.25, 0.3) is 0 Å². The molecule has 0 aliphatic carbocycles. The van der Waals surface area contributed by atoms with Gasteiger partial charge in [-0.2, -0.15) is 0 Å². The molecule has 1 heterocycles. The smallest absolute Gasteiger partial charge is 0.182 e. The van der Waals surface area contributed by atoms with Crippen molar-refractivity contribution in [3.63, 3.8) is 0 Å². The Morgan fingerprint density at radius 2 is 1.89 bits per heavy atom. The van der Waals surface area contributed by atoms with Crippen LogP contribution in [0, 0.1) is 11.6 Å². The van der Waals surface area contributed by atoms with E-state index in [0.29, 0.717) is 10.3 Å². The van der Waals surface area contributed by atoms with Crippen molar-refractivity contribution in [2.45, 2.75) is 0 Å². The van der Waals surface area contributed by atoms with Crippen LogP contribution in [-0.2, 0) is 0 Å². The molecule has 1 aromatic carbocycles. The Balaban J connectivity index is 2.37. The predicted molar refractivity (Wildman–Crippen MR) is 67.2 cm³/mol. The zero-order valence-corrected chi connectivity index (χ0v) is 10.5. The second-order valence-electron chi connectivity index (χ2n) is 3.26. The lowest BCUT2D eigenvalue weighted by Gasteiger charge is -2.10. The summed E-state index contributed by atoms with van der Waals surface area (Å²) in [5, 5.41) is 2.65. The van der Waals surface area contributed by atoms with Crippen LogP contribution < -0.4 is 16.6 Å². The SMILES string of the molecule is NNc1ncnc(Nc2cccc(F)c2F)c1Br. The molecule has 8 heteroatoms. The van der Waals surface area contributed by atoms with Gasteiger partial charge in [0, 0.05) is 0 Å². The van der Waals surface area contributed by atoms with Gasteiger partial charge in [0.05, 0.1) is 5.69 Å². The third kappa shape index (κ3) is 2.39. The molecule has 0 radical (unpaired) electrons. The first-order valence-electron chi connectivity index (χ1n) is 4.81. The molecule has 0 atom stereocenters. The van der Waals surface area contributed by atoms with Crippen LogP contribution in [0.15, 0.2) is 29.0 Å². The first-order valence-corrected chi connectivity index (χ1v) is 5.61. The molecule has 1 aromatic heterocycles. The zero-order chi connectivity index (χ0) is 13.1. The van der Waals surface area contributed by atoms with Crippen LogP contribution in [0.1, 0.15) is 0 Å². The van der Waals surface area contributed by atoms with Crippen molar-refractivity contribution < 1.29 is 8.78 Å². The molecular formula is C10H8BrF2N5. The van der Waals surface area contributed by atoms with E-state index in [1.807, 2.05) is 0 Å². The molecule has 0 unspecified atom stereocenters. The van der Waals surface area contributed by atoms with Gasteiger partial charge in [-0.1, -0.05) is 6.07 Å². The molecule has 0 aliphatic heterocycles. The number of nitrogens with zero attached hydrogens (tertiary/aromatic N) is 2. The largest absolute Gasteiger partial charge is 0.337 e. The lowest BCUT2D eigenvalue weighted by Crippen LogP contribution is -2.10. The second-order valence-corrected chi connectivity index (χ2v) is 4.05. The van der Waals surface area contributed by atoms with E-state index >= 15 is 0 Å². The van der Waals surface area contributed by atoms with Gasteiger partial charge in [-0.05, 0) is 28.1 Å². The summed E-state index contributed by atoms with van der Waals surface area (Å²) in [7, 11) is 0. The Labute approximate surface area is 110 Å². The monoisotopic (exact) mass is 315 g/mol. The van der Waals surface area contributed by atoms with Crippen molar-refractivity contribution in [1.29, 1.82) is 0 Å². The Hall–Kier alpha value is -1.80. The summed E-state index contributed by atoms with van der Waals surface area (Å²) in [5.41, 5.74) is 2.31. The minimum absolute atomic E-state index is 0.0302. The molecule has 5 nitrogen and oxygen atoms in total. The number of aromatic nitrogens is 2. The van der Waals surface area contributed by atoms with Crippen LogP contribution >= 0.6 is 15.9 Å². The highest BCUT2D eigenvalue weighted by Gasteiger charge is 2.12. The van der Waals surface area contributed by atoms with E-state index in [4.69, 9.17) is 5.84 Å². The van der Waals surface area contributed by atoms with Crippen LogP contribution in [-0.4, -0.2) is 9.97 Å². The van der Waals surface area contributed by atoms with E-state index < -0.39 is 11.6 Å². The van der Waals surface area contributed by atoms with E-state index in [-0.39, 0.29) is 11.5 Å². The normalized spacial score (nSPS) is 10.2. The summed E-state index contributed by atoms with van der Waals surface area (Å²) < 4.78 is 26.9. The number of hydrogen-bond donors (Lipinski definition) is 3. The highest BCUT2D eigenvalue weighted by molar-refractivity contribution is 9.10. The van der Waals surface area contributed by atoms with Crippen molar-refractivity contribution in [3.8, 4) is 0 Å². The summed E-state index contributed by atoms with van der Waals surface area (Å²) in [6.45, 7) is 0. The Morgan fingerprint density at radius 3 is 2.61 bits per heavy atom. The number of anilines is 3. The van der Waals surface area contributed by atoms with E-state index in [0.717, 1.165) is 6.07 Å². The number of nitrogens with two attached hydrogens (primary N) is 1. The molecule has 0 saturated carbocycles. The first kappa shape index (κ1) is 12.7. The maximum Gasteiger partial charge on any atom is 0.182 e. The second kappa shape index (κ2) is 5.23. The molecule has 0 aliphatic rings. The fourth-order valence-corrected chi connectivity index (χ4v) is 1.70. The lowest BCUT2D eigenvalue weighted by molar-refractivity contribution is 0.511. The third-order valence-corrected chi connectivity index (χ3v) is 2.88. The predicted octanol–water partition coefficient (Wildman–Crippen LogP) is 2.55. The molecule has 4 N–H and O–H groups in total. The van der Waals surface area contributed by atoms with Gasteiger partial charge >= 0.3 is 0 Å². The average molecular weight is 316 g/mol. The lowest BCUT2D eigenvalue weighted by atomic mass is 10.3. The Bertz CT molecular complexity index is 578. The number of hydrazine groups is 1. The van der Waals surface area contributed by atoms with E-state index in [1.54, 1.807) is 0 Å². The number of rotatable bonds is 3. The van der Waals surface area contributed by atoms with Gasteiger partial charge in [0.1, 0.15) is 16.6 Å². The van der Waals surface area contributed by atoms with Crippen molar-refractivity contribution in [1.82, 2.24) is 9.97 Å². The number of benzene rings is 1. The fourth-order valence-electron chi connectivity index (χ4n) is 1.29. The van der Waals surface area contributed by atoms with Crippen LogP contribution in [0.5, 0.6) is 0 Å². The minimum Gasteiger partial charge on any atom is -0.337 e. The molecule has 0 fully saturated rings. The van der Waals surface area contributed by atoms with Crippen LogP contribution in [0.4, 0.5) is 26.1 Å². The summed E-state index contributed by atoms with van der Waals surface area (Å²) in [6, 6.07) is 3.81. The van der Waals surface area contributed by atoms with Crippen LogP contribution in [0.25, 0.3) is 0 Å². The molecule has 2 aromatic rings. The van der Waals surface area contributed by atoms with Crippen molar-refractivity contribution in [2.24, 2.45) is 5.84 Å². The summed E-state index contributed by atoms with van der Waals surface area (Å²) >= 11 is 3.20. The molecule has 0 spiro atoms. The van der Waals surface area contributed by atoms with E-state index in [9.17, 15) is 8.78 Å². The zero-order valence-electron chi connectivity index (χ0n) is 8.92. The number of hydrogen-bond acceptors (Lipinski definition) is 5. The molecule has 94 valence electrons. The van der Waals surface area contributed by atoms with Gasteiger partial charge in [0.15, 0.2) is 17.5 Å². The number of halogens is 3. The van der Waals surface area contributed by atoms with E-state index in [1.165, 1.54) is 18.5 Å². The topological polar surface area (TPSA) is 75.9 Å². The molecule has 0 saturated heterocycles. The quantitative estimate of drug-likeness (QED) is 0.599. The fraction of sp³-hybridized carbons (Fsp3) is 0. The van der Waals surface area contributed by atoms with Gasteiger partial charge in [-0.3, -0.25) is 0 Å². The summed E-state index contributed by atoms with van der Waals surface area (Å²) in [5.74, 6) is 3.90. The summed E-state index contributed by atoms with van der Waals surface area (Å²) in [4.78, 5) is 7.74. The average Bonchev–Trinajstić information content (AvgIpc) is 2.37. The van der Waals surface area contributed by atoms with Gasteiger partial charge < -0.3 is 10.7 Å².